The van der Waals surface area contributed by atoms with Crippen LogP contribution in [-0.2, 0) is 9.59 Å². The predicted octanol–water partition coefficient (Wildman–Crippen LogP) is -0.692. The molecule has 0 radical (unpaired) electrons. The Labute approximate surface area is 83.3 Å². The highest BCUT2D eigenvalue weighted by Gasteiger charge is 2.15. The van der Waals surface area contributed by atoms with Gasteiger partial charge in [0.15, 0.2) is 0 Å². The number of anilines is 1. The van der Waals surface area contributed by atoms with Crippen molar-refractivity contribution in [2.45, 2.75) is 0 Å². The van der Waals surface area contributed by atoms with Crippen molar-refractivity contribution in [3.63, 3.8) is 0 Å². The predicted molar refractivity (Wildman–Crippen MR) is 47.7 cm³/mol. The molecule has 8 nitrogen and oxygen atoms in total. The summed E-state index contributed by atoms with van der Waals surface area (Å²) in [5, 5.41) is 21.7. The molecule has 0 atom stereocenters. The zero-order valence-corrected chi connectivity index (χ0v) is 7.28. The summed E-state index contributed by atoms with van der Waals surface area (Å²) in [6.45, 7) is 0. The highest BCUT2D eigenvalue weighted by molar-refractivity contribution is 6.41. The fourth-order valence-electron chi connectivity index (χ4n) is 0.816. The molecule has 0 saturated heterocycles. The number of carboxylic acids is 1. The highest BCUT2D eigenvalue weighted by Crippen LogP contribution is 2.01. The first-order chi connectivity index (χ1) is 7.19. The van der Waals surface area contributed by atoms with Crippen LogP contribution in [0.4, 0.5) is 5.95 Å². The van der Waals surface area contributed by atoms with E-state index < -0.39 is 11.7 Å². The van der Waals surface area contributed by atoms with Gasteiger partial charge in [-0.15, -0.1) is 0 Å². The summed E-state index contributed by atoms with van der Waals surface area (Å²) in [6, 6.07) is 1.24. The minimum atomic E-state index is -1.44. The summed E-state index contributed by atoms with van der Waals surface area (Å²) in [4.78, 5) is 27.9. The first-order valence-corrected chi connectivity index (χ1v) is 3.68. The number of nitrogens with zero attached hydrogens (tertiary/aromatic N) is 3. The van der Waals surface area contributed by atoms with E-state index in [0.717, 1.165) is 0 Å². The number of aliphatic carboxylic acids is 1. The molecule has 0 bridgehead atoms. The van der Waals surface area contributed by atoms with Crippen molar-refractivity contribution in [2.24, 2.45) is 5.16 Å². The van der Waals surface area contributed by atoms with Crippen molar-refractivity contribution in [1.82, 2.24) is 9.97 Å². The Balaban J connectivity index is 3.09. The molecule has 0 unspecified atom stereocenters. The van der Waals surface area contributed by atoms with Gasteiger partial charge in [0, 0.05) is 6.20 Å². The maximum atomic E-state index is 10.6. The fraction of sp³-hybridized carbons (Fsp3) is 0. The number of oxime groups is 1. The monoisotopic (exact) mass is 210 g/mol. The average molecular weight is 210 g/mol. The van der Waals surface area contributed by atoms with E-state index in [2.05, 4.69) is 20.4 Å². The SMILES string of the molecule is O=CNc1nccc(C(=NO)C(=O)O)n1. The van der Waals surface area contributed by atoms with Crippen LogP contribution in [0, 0.1) is 0 Å². The van der Waals surface area contributed by atoms with Gasteiger partial charge in [-0.1, -0.05) is 5.16 Å². The second-order valence-corrected chi connectivity index (χ2v) is 2.28. The Hall–Kier alpha value is -2.51. The van der Waals surface area contributed by atoms with Crippen LogP contribution in [0.1, 0.15) is 5.69 Å². The minimum Gasteiger partial charge on any atom is -0.476 e. The van der Waals surface area contributed by atoms with E-state index in [4.69, 9.17) is 10.3 Å². The molecule has 0 fully saturated rings. The van der Waals surface area contributed by atoms with Gasteiger partial charge < -0.3 is 10.3 Å². The van der Waals surface area contributed by atoms with E-state index in [1.54, 1.807) is 0 Å². The van der Waals surface area contributed by atoms with E-state index in [9.17, 15) is 9.59 Å². The molecule has 1 heterocycles. The number of carbonyl (C=O) groups excluding carboxylic acids is 1. The molecule has 0 spiro atoms. The fourth-order valence-corrected chi connectivity index (χ4v) is 0.816. The molecule has 15 heavy (non-hydrogen) atoms. The van der Waals surface area contributed by atoms with E-state index in [1.165, 1.54) is 12.3 Å². The molecule has 78 valence electrons. The van der Waals surface area contributed by atoms with Crippen LogP contribution in [0.15, 0.2) is 17.4 Å². The summed E-state index contributed by atoms with van der Waals surface area (Å²) in [7, 11) is 0. The third-order valence-corrected chi connectivity index (χ3v) is 1.39. The van der Waals surface area contributed by atoms with E-state index in [1.807, 2.05) is 0 Å². The molecule has 0 aromatic carbocycles. The molecular formula is C7H6N4O4. The summed E-state index contributed by atoms with van der Waals surface area (Å²) in [6.07, 6.45) is 1.57. The molecule has 0 aliphatic heterocycles. The molecule has 1 rings (SSSR count). The van der Waals surface area contributed by atoms with Crippen LogP contribution in [0.5, 0.6) is 0 Å². The van der Waals surface area contributed by atoms with Gasteiger partial charge in [-0.25, -0.2) is 14.8 Å². The lowest BCUT2D eigenvalue weighted by Crippen LogP contribution is -2.17. The molecule has 0 aliphatic rings. The second kappa shape index (κ2) is 4.65. The molecule has 0 aliphatic carbocycles. The zero-order chi connectivity index (χ0) is 11.3. The number of aromatic nitrogens is 2. The Bertz CT molecular complexity index is 417. The molecular weight excluding hydrogens is 204 g/mol. The number of nitrogens with one attached hydrogen (secondary N) is 1. The normalized spacial score (nSPS) is 10.8. The van der Waals surface area contributed by atoms with Crippen molar-refractivity contribution < 1.29 is 19.9 Å². The summed E-state index contributed by atoms with van der Waals surface area (Å²) >= 11 is 0. The lowest BCUT2D eigenvalue weighted by Gasteiger charge is -2.00. The largest absolute Gasteiger partial charge is 0.476 e. The molecule has 8 heteroatoms. The van der Waals surface area contributed by atoms with Crippen LogP contribution in [-0.4, -0.2) is 38.4 Å². The molecule has 3 N–H and O–H groups in total. The van der Waals surface area contributed by atoms with E-state index in [-0.39, 0.29) is 11.6 Å². The van der Waals surface area contributed by atoms with Gasteiger partial charge >= 0.3 is 5.97 Å². The second-order valence-electron chi connectivity index (χ2n) is 2.28. The van der Waals surface area contributed by atoms with Gasteiger partial charge in [0.05, 0.1) is 0 Å². The van der Waals surface area contributed by atoms with Crippen LogP contribution >= 0.6 is 0 Å². The van der Waals surface area contributed by atoms with Gasteiger partial charge in [-0.2, -0.15) is 0 Å². The van der Waals surface area contributed by atoms with Crippen molar-refractivity contribution in [3.05, 3.63) is 18.0 Å². The number of hydrogen-bond acceptors (Lipinski definition) is 6. The maximum Gasteiger partial charge on any atom is 0.360 e. The summed E-state index contributed by atoms with van der Waals surface area (Å²) in [5.74, 6) is -1.52. The molecule has 1 aromatic rings. The van der Waals surface area contributed by atoms with Crippen LogP contribution < -0.4 is 5.32 Å². The van der Waals surface area contributed by atoms with Gasteiger partial charge in [-0.05, 0) is 6.07 Å². The summed E-state index contributed by atoms with van der Waals surface area (Å²) < 4.78 is 0. The molecule has 0 saturated carbocycles. The lowest BCUT2D eigenvalue weighted by atomic mass is 10.2. The average Bonchev–Trinajstić information content (AvgIpc) is 2.19. The molecule has 1 amide bonds. The number of carboxylic acid groups (broad SMARTS) is 1. The van der Waals surface area contributed by atoms with Crippen molar-refractivity contribution in [2.75, 3.05) is 5.32 Å². The standard InChI is InChI=1S/C7H6N4O4/c12-3-9-7-8-2-1-4(10-7)5(11-15)6(13)14/h1-3,15H,(H,13,14)(H,8,9,10,12). The topological polar surface area (TPSA) is 125 Å². The van der Waals surface area contributed by atoms with Gasteiger partial charge in [0.1, 0.15) is 5.69 Å². The third kappa shape index (κ3) is 2.46. The van der Waals surface area contributed by atoms with Crippen LogP contribution in [0.25, 0.3) is 0 Å². The Kier molecular flexibility index (Phi) is 3.28. The van der Waals surface area contributed by atoms with Gasteiger partial charge in [0.2, 0.25) is 18.1 Å². The van der Waals surface area contributed by atoms with Crippen molar-refractivity contribution in [1.29, 1.82) is 0 Å². The quantitative estimate of drug-likeness (QED) is 0.261. The smallest absolute Gasteiger partial charge is 0.360 e. The number of carbonyl (C=O) groups is 2. The maximum absolute atomic E-state index is 10.6. The Morgan fingerprint density at radius 2 is 2.33 bits per heavy atom. The minimum absolute atomic E-state index is 0.0788. The number of hydrogen-bond donors (Lipinski definition) is 3. The van der Waals surface area contributed by atoms with Crippen molar-refractivity contribution >= 4 is 24.0 Å². The Morgan fingerprint density at radius 3 is 2.87 bits per heavy atom. The first kappa shape index (κ1) is 10.6. The van der Waals surface area contributed by atoms with Gasteiger partial charge in [0.25, 0.3) is 0 Å². The third-order valence-electron chi connectivity index (χ3n) is 1.39. The van der Waals surface area contributed by atoms with E-state index in [0.29, 0.717) is 6.41 Å². The van der Waals surface area contributed by atoms with Gasteiger partial charge in [-0.3, -0.25) is 10.1 Å². The van der Waals surface area contributed by atoms with E-state index >= 15 is 0 Å². The molecule has 1 aromatic heterocycles. The lowest BCUT2D eigenvalue weighted by molar-refractivity contribution is -0.129. The van der Waals surface area contributed by atoms with Crippen LogP contribution in [0.3, 0.4) is 0 Å². The summed E-state index contributed by atoms with van der Waals surface area (Å²) in [5.41, 5.74) is -0.740. The van der Waals surface area contributed by atoms with Crippen molar-refractivity contribution in [3.8, 4) is 0 Å². The Morgan fingerprint density at radius 1 is 1.60 bits per heavy atom. The number of amides is 1. The first-order valence-electron chi connectivity index (χ1n) is 3.68. The van der Waals surface area contributed by atoms with Crippen LogP contribution in [0.2, 0.25) is 0 Å². The zero-order valence-electron chi connectivity index (χ0n) is 7.28. The highest BCUT2D eigenvalue weighted by atomic mass is 16.4. The number of rotatable bonds is 4.